The smallest absolute Gasteiger partial charge is 0.271 e. The number of anilines is 2. The summed E-state index contributed by atoms with van der Waals surface area (Å²) < 4.78 is 30.1. The third-order valence-electron chi connectivity index (χ3n) is 3.43. The van der Waals surface area contributed by atoms with Crippen molar-refractivity contribution in [1.82, 2.24) is 0 Å². The number of non-ortho nitro benzene ring substituents is 1. The highest BCUT2D eigenvalue weighted by Crippen LogP contribution is 2.29. The molecule has 9 nitrogen and oxygen atoms in total. The number of sulfonamides is 1. The molecule has 0 unspecified atom stereocenters. The Bertz CT molecular complexity index is 972. The van der Waals surface area contributed by atoms with Crippen molar-refractivity contribution >= 4 is 33.0 Å². The molecule has 26 heavy (non-hydrogen) atoms. The van der Waals surface area contributed by atoms with Crippen molar-refractivity contribution in [1.29, 1.82) is 0 Å². The van der Waals surface area contributed by atoms with E-state index in [1.807, 2.05) is 0 Å². The summed E-state index contributed by atoms with van der Waals surface area (Å²) >= 11 is 0. The molecule has 0 saturated carbocycles. The molecule has 2 aromatic carbocycles. The Kier molecular flexibility index (Phi) is 5.46. The Morgan fingerprint density at radius 2 is 1.85 bits per heavy atom. The van der Waals surface area contributed by atoms with Gasteiger partial charge in [-0.3, -0.25) is 19.6 Å². The highest BCUT2D eigenvalue weighted by Gasteiger charge is 2.15. The number of nitrogens with one attached hydrogen (secondary N) is 2. The monoisotopic (exact) mass is 379 g/mol. The SMILES string of the molecule is COc1ccc([N+](=O)[O-])cc1NC(=O)c1ccc(NS(C)(=O)=O)c(C)c1. The first kappa shape index (κ1) is 19.2. The van der Waals surface area contributed by atoms with E-state index in [1.165, 1.54) is 43.5 Å². The number of rotatable bonds is 6. The summed E-state index contributed by atoms with van der Waals surface area (Å²) in [6, 6.07) is 8.27. The molecule has 138 valence electrons. The Hall–Kier alpha value is -3.14. The van der Waals surface area contributed by atoms with E-state index in [2.05, 4.69) is 10.0 Å². The van der Waals surface area contributed by atoms with Crippen LogP contribution in [0, 0.1) is 17.0 Å². The summed E-state index contributed by atoms with van der Waals surface area (Å²) in [6.45, 7) is 1.65. The first-order valence-corrected chi connectivity index (χ1v) is 9.22. The van der Waals surface area contributed by atoms with Gasteiger partial charge in [0.25, 0.3) is 11.6 Å². The molecule has 0 saturated heterocycles. The van der Waals surface area contributed by atoms with Gasteiger partial charge in [-0.15, -0.1) is 0 Å². The topological polar surface area (TPSA) is 128 Å². The summed E-state index contributed by atoms with van der Waals surface area (Å²) in [5, 5.41) is 13.5. The summed E-state index contributed by atoms with van der Waals surface area (Å²) in [4.78, 5) is 22.8. The van der Waals surface area contributed by atoms with E-state index in [-0.39, 0.29) is 22.7 Å². The lowest BCUT2D eigenvalue weighted by Gasteiger charge is -2.12. The molecule has 0 aromatic heterocycles. The molecule has 2 rings (SSSR count). The standard InChI is InChI=1S/C16H17N3O6S/c1-10-8-11(4-6-13(10)18-26(3,23)24)16(20)17-14-9-12(19(21)22)5-7-15(14)25-2/h4-9,18H,1-3H3,(H,17,20). The summed E-state index contributed by atoms with van der Waals surface area (Å²) in [5.74, 6) is -0.242. The van der Waals surface area contributed by atoms with Gasteiger partial charge in [-0.25, -0.2) is 8.42 Å². The maximum atomic E-state index is 12.4. The summed E-state index contributed by atoms with van der Waals surface area (Å²) in [5.41, 5.74) is 1.13. The second kappa shape index (κ2) is 7.40. The van der Waals surface area contributed by atoms with Gasteiger partial charge in [0.1, 0.15) is 5.75 Å². The number of hydrogen-bond donors (Lipinski definition) is 2. The molecular formula is C16H17N3O6S. The molecule has 10 heteroatoms. The number of ether oxygens (including phenoxy) is 1. The quantitative estimate of drug-likeness (QED) is 0.586. The van der Waals surface area contributed by atoms with Crippen molar-refractivity contribution < 1.29 is 22.9 Å². The molecule has 0 aliphatic carbocycles. The van der Waals surface area contributed by atoms with Crippen molar-refractivity contribution in [3.05, 3.63) is 57.6 Å². The Labute approximate surface area is 150 Å². The normalized spacial score (nSPS) is 10.9. The maximum Gasteiger partial charge on any atom is 0.271 e. The van der Waals surface area contributed by atoms with E-state index in [0.29, 0.717) is 11.3 Å². The fourth-order valence-corrected chi connectivity index (χ4v) is 2.85. The van der Waals surface area contributed by atoms with E-state index in [0.717, 1.165) is 6.26 Å². The lowest BCUT2D eigenvalue weighted by molar-refractivity contribution is -0.384. The van der Waals surface area contributed by atoms with E-state index in [4.69, 9.17) is 4.74 Å². The van der Waals surface area contributed by atoms with Gasteiger partial charge in [-0.05, 0) is 36.8 Å². The van der Waals surface area contributed by atoms with Crippen molar-refractivity contribution in [2.75, 3.05) is 23.4 Å². The first-order chi connectivity index (χ1) is 12.1. The number of aryl methyl sites for hydroxylation is 1. The zero-order valence-electron chi connectivity index (χ0n) is 14.3. The number of carbonyl (C=O) groups excluding carboxylic acids is 1. The largest absolute Gasteiger partial charge is 0.495 e. The number of methoxy groups -OCH3 is 1. The van der Waals surface area contributed by atoms with Gasteiger partial charge in [0, 0.05) is 17.7 Å². The number of benzene rings is 2. The number of nitro benzene ring substituents is 1. The molecule has 0 heterocycles. The second-order valence-corrected chi connectivity index (χ2v) is 7.25. The van der Waals surface area contributed by atoms with Crippen LogP contribution in [0.25, 0.3) is 0 Å². The van der Waals surface area contributed by atoms with E-state index in [1.54, 1.807) is 6.92 Å². The molecule has 0 aliphatic heterocycles. The van der Waals surface area contributed by atoms with Crippen LogP contribution in [0.15, 0.2) is 36.4 Å². The third kappa shape index (κ3) is 4.70. The molecular weight excluding hydrogens is 362 g/mol. The molecule has 0 spiro atoms. The molecule has 0 bridgehead atoms. The minimum Gasteiger partial charge on any atom is -0.495 e. The lowest BCUT2D eigenvalue weighted by atomic mass is 10.1. The minimum atomic E-state index is -3.43. The van der Waals surface area contributed by atoms with Crippen LogP contribution in [0.4, 0.5) is 17.1 Å². The minimum absolute atomic E-state index is 0.155. The van der Waals surface area contributed by atoms with E-state index < -0.39 is 20.9 Å². The zero-order valence-corrected chi connectivity index (χ0v) is 15.1. The van der Waals surface area contributed by atoms with E-state index >= 15 is 0 Å². The van der Waals surface area contributed by atoms with Crippen molar-refractivity contribution in [3.63, 3.8) is 0 Å². The third-order valence-corrected chi connectivity index (χ3v) is 4.02. The predicted octanol–water partition coefficient (Wildman–Crippen LogP) is 2.54. The predicted molar refractivity (Wildman–Crippen MR) is 97.2 cm³/mol. The zero-order chi connectivity index (χ0) is 19.5. The van der Waals surface area contributed by atoms with Crippen LogP contribution in [-0.4, -0.2) is 32.6 Å². The molecule has 2 aromatic rings. The van der Waals surface area contributed by atoms with Crippen LogP contribution in [0.3, 0.4) is 0 Å². The molecule has 0 fully saturated rings. The van der Waals surface area contributed by atoms with Crippen LogP contribution < -0.4 is 14.8 Å². The highest BCUT2D eigenvalue weighted by molar-refractivity contribution is 7.92. The molecule has 2 N–H and O–H groups in total. The average Bonchev–Trinajstić information content (AvgIpc) is 2.55. The van der Waals surface area contributed by atoms with Crippen molar-refractivity contribution in [2.45, 2.75) is 6.92 Å². The molecule has 0 atom stereocenters. The van der Waals surface area contributed by atoms with E-state index in [9.17, 15) is 23.3 Å². The Balaban J connectivity index is 2.29. The molecule has 0 radical (unpaired) electrons. The number of nitro groups is 1. The van der Waals surface area contributed by atoms with Crippen LogP contribution in [0.1, 0.15) is 15.9 Å². The molecule has 1 amide bonds. The number of nitrogens with zero attached hydrogens (tertiary/aromatic N) is 1. The number of amides is 1. The molecule has 0 aliphatic rings. The van der Waals surface area contributed by atoms with Gasteiger partial charge in [-0.2, -0.15) is 0 Å². The average molecular weight is 379 g/mol. The fraction of sp³-hybridized carbons (Fsp3) is 0.188. The van der Waals surface area contributed by atoms with Gasteiger partial charge >= 0.3 is 0 Å². The van der Waals surface area contributed by atoms with Crippen molar-refractivity contribution in [2.24, 2.45) is 0 Å². The van der Waals surface area contributed by atoms with Gasteiger partial charge in [0.2, 0.25) is 10.0 Å². The maximum absolute atomic E-state index is 12.4. The van der Waals surface area contributed by atoms with Crippen molar-refractivity contribution in [3.8, 4) is 5.75 Å². The Morgan fingerprint density at radius 3 is 2.38 bits per heavy atom. The van der Waals surface area contributed by atoms with Crippen LogP contribution in [0.2, 0.25) is 0 Å². The van der Waals surface area contributed by atoms with Crippen LogP contribution in [0.5, 0.6) is 5.75 Å². The summed E-state index contributed by atoms with van der Waals surface area (Å²) in [6.07, 6.45) is 1.03. The van der Waals surface area contributed by atoms with Gasteiger partial charge in [0.15, 0.2) is 0 Å². The highest BCUT2D eigenvalue weighted by atomic mass is 32.2. The first-order valence-electron chi connectivity index (χ1n) is 7.33. The second-order valence-electron chi connectivity index (χ2n) is 5.50. The fourth-order valence-electron chi connectivity index (χ4n) is 2.22. The summed E-state index contributed by atoms with van der Waals surface area (Å²) in [7, 11) is -2.05. The van der Waals surface area contributed by atoms with Gasteiger partial charge in [0.05, 0.1) is 29.7 Å². The van der Waals surface area contributed by atoms with Gasteiger partial charge < -0.3 is 10.1 Å². The van der Waals surface area contributed by atoms with Crippen LogP contribution in [-0.2, 0) is 10.0 Å². The Morgan fingerprint density at radius 1 is 1.15 bits per heavy atom. The number of carbonyl (C=O) groups is 1. The van der Waals surface area contributed by atoms with Crippen LogP contribution >= 0.6 is 0 Å². The van der Waals surface area contributed by atoms with Gasteiger partial charge in [-0.1, -0.05) is 0 Å². The number of hydrogen-bond acceptors (Lipinski definition) is 6. The lowest BCUT2D eigenvalue weighted by Crippen LogP contribution is -2.14.